The molecular formula is C17H24N6O. The van der Waals surface area contributed by atoms with Crippen molar-refractivity contribution in [2.45, 2.75) is 31.8 Å². The van der Waals surface area contributed by atoms with Crippen molar-refractivity contribution in [3.05, 3.63) is 42.7 Å². The Morgan fingerprint density at radius 3 is 2.71 bits per heavy atom. The first-order valence-corrected chi connectivity index (χ1v) is 8.50. The van der Waals surface area contributed by atoms with Crippen LogP contribution in [0.1, 0.15) is 19.3 Å². The number of nitrogens with zero attached hydrogens (tertiary/aromatic N) is 4. The molecule has 2 aromatic rings. The summed E-state index contributed by atoms with van der Waals surface area (Å²) in [5.74, 6) is 0. The van der Waals surface area contributed by atoms with Crippen LogP contribution >= 0.6 is 0 Å². The molecule has 1 saturated heterocycles. The van der Waals surface area contributed by atoms with Crippen LogP contribution in [-0.4, -0.2) is 46.7 Å². The van der Waals surface area contributed by atoms with Gasteiger partial charge in [0.25, 0.3) is 0 Å². The van der Waals surface area contributed by atoms with E-state index in [1.807, 2.05) is 12.3 Å². The molecular weight excluding hydrogens is 304 g/mol. The van der Waals surface area contributed by atoms with Gasteiger partial charge >= 0.3 is 6.03 Å². The number of rotatable bonds is 6. The highest BCUT2D eigenvalue weighted by Gasteiger charge is 2.20. The number of urea groups is 1. The first-order chi connectivity index (χ1) is 11.8. The van der Waals surface area contributed by atoms with Crippen molar-refractivity contribution >= 4 is 11.7 Å². The van der Waals surface area contributed by atoms with Gasteiger partial charge in [0.15, 0.2) is 0 Å². The smallest absolute Gasteiger partial charge is 0.315 e. The summed E-state index contributed by atoms with van der Waals surface area (Å²) < 4.78 is 1.76. The zero-order chi connectivity index (χ0) is 16.6. The molecule has 2 heterocycles. The largest absolute Gasteiger partial charge is 0.371 e. The second kappa shape index (κ2) is 8.33. The van der Waals surface area contributed by atoms with Crippen molar-refractivity contribution in [2.75, 3.05) is 24.5 Å². The van der Waals surface area contributed by atoms with E-state index in [-0.39, 0.29) is 12.1 Å². The monoisotopic (exact) mass is 328 g/mol. The zero-order valence-electron chi connectivity index (χ0n) is 13.8. The number of hydrogen-bond donors (Lipinski definition) is 2. The van der Waals surface area contributed by atoms with Crippen LogP contribution in [0.2, 0.25) is 0 Å². The molecule has 24 heavy (non-hydrogen) atoms. The Bertz CT molecular complexity index is 607. The summed E-state index contributed by atoms with van der Waals surface area (Å²) in [5, 5.41) is 13.6. The lowest BCUT2D eigenvalue weighted by molar-refractivity contribution is 0.234. The summed E-state index contributed by atoms with van der Waals surface area (Å²) in [6, 6.07) is 10.6. The number of piperidine rings is 1. The molecule has 2 N–H and O–H groups in total. The fourth-order valence-corrected chi connectivity index (χ4v) is 2.95. The maximum Gasteiger partial charge on any atom is 0.315 e. The number of carbonyl (C=O) groups is 1. The van der Waals surface area contributed by atoms with Gasteiger partial charge < -0.3 is 15.5 Å². The van der Waals surface area contributed by atoms with Gasteiger partial charge in [0, 0.05) is 44.1 Å². The van der Waals surface area contributed by atoms with Crippen molar-refractivity contribution < 1.29 is 4.79 Å². The van der Waals surface area contributed by atoms with E-state index in [1.165, 1.54) is 5.69 Å². The minimum absolute atomic E-state index is 0.0771. The van der Waals surface area contributed by atoms with E-state index < -0.39 is 0 Å². The molecule has 1 aliphatic heterocycles. The van der Waals surface area contributed by atoms with Gasteiger partial charge in [0.2, 0.25) is 0 Å². The number of hydrogen-bond acceptors (Lipinski definition) is 4. The van der Waals surface area contributed by atoms with Crippen LogP contribution in [0.3, 0.4) is 0 Å². The predicted octanol–water partition coefficient (Wildman–Crippen LogP) is 1.64. The minimum atomic E-state index is -0.0771. The minimum Gasteiger partial charge on any atom is -0.371 e. The molecule has 7 nitrogen and oxygen atoms in total. The number of aromatic nitrogens is 3. The summed E-state index contributed by atoms with van der Waals surface area (Å²) in [6.07, 6.45) is 6.26. The van der Waals surface area contributed by atoms with E-state index in [2.05, 4.69) is 50.1 Å². The first kappa shape index (κ1) is 16.3. The summed E-state index contributed by atoms with van der Waals surface area (Å²) in [6.45, 7) is 3.34. The highest BCUT2D eigenvalue weighted by molar-refractivity contribution is 5.74. The van der Waals surface area contributed by atoms with Crippen molar-refractivity contribution in [1.29, 1.82) is 0 Å². The summed E-state index contributed by atoms with van der Waals surface area (Å²) >= 11 is 0. The lowest BCUT2D eigenvalue weighted by atomic mass is 10.0. The van der Waals surface area contributed by atoms with E-state index in [0.29, 0.717) is 6.54 Å². The predicted molar refractivity (Wildman–Crippen MR) is 92.9 cm³/mol. The van der Waals surface area contributed by atoms with Gasteiger partial charge in [-0.25, -0.2) is 4.79 Å². The van der Waals surface area contributed by atoms with Crippen LogP contribution < -0.4 is 15.5 Å². The maximum atomic E-state index is 12.0. The van der Waals surface area contributed by atoms with Crippen molar-refractivity contribution in [2.24, 2.45) is 0 Å². The summed E-state index contributed by atoms with van der Waals surface area (Å²) in [4.78, 5) is 14.3. The zero-order valence-corrected chi connectivity index (χ0v) is 13.8. The number of aryl methyl sites for hydroxylation is 1. The van der Waals surface area contributed by atoms with E-state index >= 15 is 0 Å². The molecule has 2 amide bonds. The van der Waals surface area contributed by atoms with Gasteiger partial charge in [-0.2, -0.15) is 0 Å². The molecule has 1 aromatic carbocycles. The first-order valence-electron chi connectivity index (χ1n) is 8.50. The SMILES string of the molecule is O=C(NCCCn1ccnn1)NC1CCN(c2ccccc2)CC1. The van der Waals surface area contributed by atoms with E-state index in [0.717, 1.165) is 38.9 Å². The highest BCUT2D eigenvalue weighted by Crippen LogP contribution is 2.19. The van der Waals surface area contributed by atoms with Crippen LogP contribution in [0, 0.1) is 0 Å². The standard InChI is InChI=1S/C17H24N6O/c24-17(18-9-4-11-23-14-10-19-21-23)20-15-7-12-22(13-8-15)16-5-2-1-3-6-16/h1-3,5-6,10,14-15H,4,7-9,11-13H2,(H2,18,20,24). The van der Waals surface area contributed by atoms with E-state index in [4.69, 9.17) is 0 Å². The molecule has 1 aliphatic rings. The number of anilines is 1. The molecule has 3 rings (SSSR count). The van der Waals surface area contributed by atoms with E-state index in [1.54, 1.807) is 10.9 Å². The average Bonchev–Trinajstić information content (AvgIpc) is 3.14. The number of carbonyl (C=O) groups excluding carboxylic acids is 1. The molecule has 0 unspecified atom stereocenters. The number of para-hydroxylation sites is 1. The lowest BCUT2D eigenvalue weighted by Crippen LogP contribution is -2.48. The Hall–Kier alpha value is -2.57. The number of nitrogens with one attached hydrogen (secondary N) is 2. The fourth-order valence-electron chi connectivity index (χ4n) is 2.95. The molecule has 0 spiro atoms. The number of amides is 2. The second-order valence-electron chi connectivity index (χ2n) is 6.02. The molecule has 0 atom stereocenters. The van der Waals surface area contributed by atoms with Crippen LogP contribution in [-0.2, 0) is 6.54 Å². The lowest BCUT2D eigenvalue weighted by Gasteiger charge is -2.33. The maximum absolute atomic E-state index is 12.0. The van der Waals surface area contributed by atoms with Gasteiger partial charge in [0.1, 0.15) is 0 Å². The third kappa shape index (κ3) is 4.71. The number of benzene rings is 1. The molecule has 1 fully saturated rings. The molecule has 0 saturated carbocycles. The van der Waals surface area contributed by atoms with Gasteiger partial charge in [-0.1, -0.05) is 23.4 Å². The van der Waals surface area contributed by atoms with E-state index in [9.17, 15) is 4.79 Å². The third-order valence-electron chi connectivity index (χ3n) is 4.27. The van der Waals surface area contributed by atoms with Crippen LogP contribution in [0.4, 0.5) is 10.5 Å². The topological polar surface area (TPSA) is 75.1 Å². The van der Waals surface area contributed by atoms with Gasteiger partial charge in [-0.3, -0.25) is 4.68 Å². The van der Waals surface area contributed by atoms with Gasteiger partial charge in [-0.05, 0) is 31.4 Å². The highest BCUT2D eigenvalue weighted by atomic mass is 16.2. The Balaban J connectivity index is 1.31. The van der Waals surface area contributed by atoms with Crippen molar-refractivity contribution in [3.8, 4) is 0 Å². The molecule has 128 valence electrons. The Kier molecular flexibility index (Phi) is 5.65. The Labute approximate surface area is 142 Å². The van der Waals surface area contributed by atoms with Crippen LogP contribution in [0.5, 0.6) is 0 Å². The second-order valence-corrected chi connectivity index (χ2v) is 6.02. The fraction of sp³-hybridized carbons (Fsp3) is 0.471. The average molecular weight is 328 g/mol. The van der Waals surface area contributed by atoms with Gasteiger partial charge in [0.05, 0.1) is 6.20 Å². The van der Waals surface area contributed by atoms with Gasteiger partial charge in [-0.15, -0.1) is 5.10 Å². The summed E-state index contributed by atoms with van der Waals surface area (Å²) in [5.41, 5.74) is 1.26. The molecule has 1 aromatic heterocycles. The normalized spacial score (nSPS) is 15.2. The molecule has 7 heteroatoms. The molecule has 0 aliphatic carbocycles. The van der Waals surface area contributed by atoms with Crippen LogP contribution in [0.15, 0.2) is 42.7 Å². The van der Waals surface area contributed by atoms with Crippen molar-refractivity contribution in [1.82, 2.24) is 25.6 Å². The Morgan fingerprint density at radius 1 is 1.21 bits per heavy atom. The molecule has 0 bridgehead atoms. The Morgan fingerprint density at radius 2 is 2.00 bits per heavy atom. The molecule has 0 radical (unpaired) electrons. The quantitative estimate of drug-likeness (QED) is 0.791. The van der Waals surface area contributed by atoms with Crippen LogP contribution in [0.25, 0.3) is 0 Å². The third-order valence-corrected chi connectivity index (χ3v) is 4.27. The summed E-state index contributed by atoms with van der Waals surface area (Å²) in [7, 11) is 0. The van der Waals surface area contributed by atoms with Crippen molar-refractivity contribution in [3.63, 3.8) is 0 Å².